The zero-order valence-electron chi connectivity index (χ0n) is 10.6. The van der Waals surface area contributed by atoms with Crippen molar-refractivity contribution >= 4 is 0 Å². The summed E-state index contributed by atoms with van der Waals surface area (Å²) in [6, 6.07) is 0. The minimum Gasteiger partial charge on any atom is -0.494 e. The Labute approximate surface area is 99.2 Å². The van der Waals surface area contributed by atoms with Gasteiger partial charge in [0.2, 0.25) is 0 Å². The maximum absolute atomic E-state index is 5.45. The molecule has 88 valence electrons. The predicted molar refractivity (Wildman–Crippen MR) is 70.2 cm³/mol. The van der Waals surface area contributed by atoms with Gasteiger partial charge in [0.15, 0.2) is 0 Å². The summed E-state index contributed by atoms with van der Waals surface area (Å²) in [5, 5.41) is 0. The SMILES string of the molecule is CC(C)=CCC/C(C)=C/CC1C=CC=CO1. The second-order valence-electron chi connectivity index (χ2n) is 4.49. The highest BCUT2D eigenvalue weighted by Crippen LogP contribution is 2.12. The molecule has 1 rings (SSSR count). The topological polar surface area (TPSA) is 9.23 Å². The summed E-state index contributed by atoms with van der Waals surface area (Å²) in [7, 11) is 0. The van der Waals surface area contributed by atoms with E-state index in [-0.39, 0.29) is 6.10 Å². The van der Waals surface area contributed by atoms with Crippen LogP contribution < -0.4 is 0 Å². The van der Waals surface area contributed by atoms with Crippen LogP contribution in [0.2, 0.25) is 0 Å². The molecule has 0 aromatic carbocycles. The van der Waals surface area contributed by atoms with Crippen molar-refractivity contribution in [3.8, 4) is 0 Å². The van der Waals surface area contributed by atoms with Crippen molar-refractivity contribution in [3.05, 3.63) is 47.8 Å². The largest absolute Gasteiger partial charge is 0.494 e. The van der Waals surface area contributed by atoms with Crippen molar-refractivity contribution in [2.45, 2.75) is 46.1 Å². The first kappa shape index (κ1) is 12.8. The molecule has 0 aromatic heterocycles. The van der Waals surface area contributed by atoms with E-state index in [1.54, 1.807) is 6.26 Å². The van der Waals surface area contributed by atoms with Crippen LogP contribution in [0, 0.1) is 0 Å². The molecule has 1 heterocycles. The molecule has 0 spiro atoms. The van der Waals surface area contributed by atoms with Gasteiger partial charge in [0.25, 0.3) is 0 Å². The van der Waals surface area contributed by atoms with Gasteiger partial charge in [-0.3, -0.25) is 0 Å². The van der Waals surface area contributed by atoms with Crippen LogP contribution >= 0.6 is 0 Å². The Morgan fingerprint density at radius 3 is 2.62 bits per heavy atom. The molecule has 1 atom stereocenters. The van der Waals surface area contributed by atoms with Gasteiger partial charge in [-0.25, -0.2) is 0 Å². The lowest BCUT2D eigenvalue weighted by atomic mass is 10.1. The van der Waals surface area contributed by atoms with E-state index in [9.17, 15) is 0 Å². The summed E-state index contributed by atoms with van der Waals surface area (Å²) in [5.41, 5.74) is 2.85. The van der Waals surface area contributed by atoms with E-state index in [1.165, 1.54) is 11.1 Å². The Bertz CT molecular complexity index is 314. The average Bonchev–Trinajstić information content (AvgIpc) is 2.27. The third-order valence-corrected chi connectivity index (χ3v) is 2.56. The second-order valence-corrected chi connectivity index (χ2v) is 4.49. The van der Waals surface area contributed by atoms with Gasteiger partial charge < -0.3 is 4.74 Å². The first-order valence-corrected chi connectivity index (χ1v) is 5.96. The molecule has 0 saturated heterocycles. The van der Waals surface area contributed by atoms with Crippen molar-refractivity contribution in [2.75, 3.05) is 0 Å². The lowest BCUT2D eigenvalue weighted by molar-refractivity contribution is 0.186. The molecule has 0 fully saturated rings. The summed E-state index contributed by atoms with van der Waals surface area (Å²) in [4.78, 5) is 0. The summed E-state index contributed by atoms with van der Waals surface area (Å²) in [6.07, 6.45) is 15.9. The highest BCUT2D eigenvalue weighted by molar-refractivity contribution is 5.10. The van der Waals surface area contributed by atoms with Gasteiger partial charge in [0.1, 0.15) is 6.10 Å². The zero-order chi connectivity index (χ0) is 11.8. The fourth-order valence-electron chi connectivity index (χ4n) is 1.57. The highest BCUT2D eigenvalue weighted by atomic mass is 16.5. The van der Waals surface area contributed by atoms with E-state index in [0.717, 1.165) is 19.3 Å². The van der Waals surface area contributed by atoms with Gasteiger partial charge >= 0.3 is 0 Å². The van der Waals surface area contributed by atoms with Crippen molar-refractivity contribution in [1.29, 1.82) is 0 Å². The fraction of sp³-hybridized carbons (Fsp3) is 0.467. The Balaban J connectivity index is 2.25. The van der Waals surface area contributed by atoms with Crippen LogP contribution in [0.3, 0.4) is 0 Å². The van der Waals surface area contributed by atoms with Crippen LogP contribution in [0.4, 0.5) is 0 Å². The third-order valence-electron chi connectivity index (χ3n) is 2.56. The molecule has 0 bridgehead atoms. The molecule has 1 heteroatoms. The molecular weight excluding hydrogens is 196 g/mol. The van der Waals surface area contributed by atoms with Crippen molar-refractivity contribution in [2.24, 2.45) is 0 Å². The minimum atomic E-state index is 0.225. The highest BCUT2D eigenvalue weighted by Gasteiger charge is 2.03. The molecule has 1 aliphatic rings. The van der Waals surface area contributed by atoms with Crippen LogP contribution in [0.25, 0.3) is 0 Å². The van der Waals surface area contributed by atoms with Crippen LogP contribution in [-0.4, -0.2) is 6.10 Å². The Morgan fingerprint density at radius 2 is 2.00 bits per heavy atom. The number of hydrogen-bond donors (Lipinski definition) is 0. The van der Waals surface area contributed by atoms with Gasteiger partial charge in [-0.15, -0.1) is 0 Å². The fourth-order valence-corrected chi connectivity index (χ4v) is 1.57. The van der Waals surface area contributed by atoms with E-state index >= 15 is 0 Å². The van der Waals surface area contributed by atoms with Gasteiger partial charge in [0.05, 0.1) is 6.26 Å². The van der Waals surface area contributed by atoms with Crippen LogP contribution in [0.1, 0.15) is 40.0 Å². The van der Waals surface area contributed by atoms with Gasteiger partial charge in [0, 0.05) is 6.42 Å². The zero-order valence-corrected chi connectivity index (χ0v) is 10.6. The van der Waals surface area contributed by atoms with E-state index in [0.29, 0.717) is 0 Å². The lowest BCUT2D eigenvalue weighted by Gasteiger charge is -2.13. The maximum Gasteiger partial charge on any atom is 0.120 e. The molecule has 1 nitrogen and oxygen atoms in total. The quantitative estimate of drug-likeness (QED) is 0.616. The van der Waals surface area contributed by atoms with E-state index in [1.807, 2.05) is 12.2 Å². The Hall–Kier alpha value is -1.24. The van der Waals surface area contributed by atoms with Crippen LogP contribution in [0.5, 0.6) is 0 Å². The van der Waals surface area contributed by atoms with Crippen LogP contribution in [0.15, 0.2) is 47.8 Å². The first-order valence-electron chi connectivity index (χ1n) is 5.96. The maximum atomic E-state index is 5.45. The summed E-state index contributed by atoms with van der Waals surface area (Å²) in [6.45, 7) is 6.49. The van der Waals surface area contributed by atoms with Gasteiger partial charge in [-0.05, 0) is 45.8 Å². The molecule has 1 aliphatic heterocycles. The molecule has 0 saturated carbocycles. The average molecular weight is 218 g/mol. The third kappa shape index (κ3) is 5.59. The molecule has 0 N–H and O–H groups in total. The molecular formula is C15H22O. The molecule has 0 aliphatic carbocycles. The standard InChI is InChI=1S/C15H22O/c1-13(2)7-6-8-14(3)10-11-15-9-4-5-12-16-15/h4-5,7,9-10,12,15H,6,8,11H2,1-3H3/b14-10+. The molecule has 1 unspecified atom stereocenters. The van der Waals surface area contributed by atoms with E-state index < -0.39 is 0 Å². The minimum absolute atomic E-state index is 0.225. The summed E-state index contributed by atoms with van der Waals surface area (Å²) in [5.74, 6) is 0. The monoisotopic (exact) mass is 218 g/mol. The van der Waals surface area contributed by atoms with Gasteiger partial charge in [-0.1, -0.05) is 29.4 Å². The smallest absolute Gasteiger partial charge is 0.120 e. The Kier molecular flexibility index (Phi) is 5.69. The second kappa shape index (κ2) is 7.10. The van der Waals surface area contributed by atoms with E-state index in [4.69, 9.17) is 4.74 Å². The predicted octanol–water partition coefficient (Wildman–Crippen LogP) is 4.54. The first-order chi connectivity index (χ1) is 7.68. The number of ether oxygens (including phenoxy) is 1. The van der Waals surface area contributed by atoms with Crippen molar-refractivity contribution in [1.82, 2.24) is 0 Å². The van der Waals surface area contributed by atoms with Crippen LogP contribution in [-0.2, 0) is 4.74 Å². The molecule has 0 aromatic rings. The van der Waals surface area contributed by atoms with Crippen molar-refractivity contribution in [3.63, 3.8) is 0 Å². The van der Waals surface area contributed by atoms with Gasteiger partial charge in [-0.2, -0.15) is 0 Å². The number of hydrogen-bond acceptors (Lipinski definition) is 1. The molecule has 16 heavy (non-hydrogen) atoms. The summed E-state index contributed by atoms with van der Waals surface area (Å²) >= 11 is 0. The normalized spacial score (nSPS) is 19.4. The molecule has 0 radical (unpaired) electrons. The summed E-state index contributed by atoms with van der Waals surface area (Å²) < 4.78 is 5.45. The van der Waals surface area contributed by atoms with E-state index in [2.05, 4.69) is 39.0 Å². The Morgan fingerprint density at radius 1 is 1.19 bits per heavy atom. The number of allylic oxidation sites excluding steroid dienone is 5. The number of rotatable bonds is 5. The lowest BCUT2D eigenvalue weighted by Crippen LogP contribution is -2.06. The molecule has 0 amide bonds. The van der Waals surface area contributed by atoms with Crippen molar-refractivity contribution < 1.29 is 4.74 Å².